The van der Waals surface area contributed by atoms with Crippen LogP contribution in [-0.2, 0) is 0 Å². The summed E-state index contributed by atoms with van der Waals surface area (Å²) < 4.78 is 0. The monoisotopic (exact) mass is 154 g/mol. The smallest absolute Gasteiger partial charge is 0.299 e. The SMILES string of the molecule is Nc1ccccc1O[N+](=O)[O-]. The van der Waals surface area contributed by atoms with Crippen LogP contribution in [0.5, 0.6) is 5.75 Å². The number of hydrogen-bond acceptors (Lipinski definition) is 4. The first-order chi connectivity index (χ1) is 5.20. The standard InChI is InChI=1S/C6H6N2O3/c7-5-3-1-2-4-6(5)11-8(9)10/h1-4H,7H2. The quantitative estimate of drug-likeness (QED) is 0.389. The second kappa shape index (κ2) is 2.87. The molecule has 0 aromatic heterocycles. The fourth-order valence-corrected chi connectivity index (χ4v) is 0.644. The minimum absolute atomic E-state index is 0.0671. The van der Waals surface area contributed by atoms with Gasteiger partial charge >= 0.3 is 0 Å². The van der Waals surface area contributed by atoms with Crippen LogP contribution >= 0.6 is 0 Å². The van der Waals surface area contributed by atoms with E-state index in [1.165, 1.54) is 12.1 Å². The van der Waals surface area contributed by atoms with Crippen molar-refractivity contribution in [2.24, 2.45) is 0 Å². The zero-order valence-corrected chi connectivity index (χ0v) is 5.56. The lowest BCUT2D eigenvalue weighted by molar-refractivity contribution is -0.710. The molecule has 0 aliphatic rings. The Hall–Kier alpha value is -1.78. The third kappa shape index (κ3) is 1.82. The van der Waals surface area contributed by atoms with Gasteiger partial charge in [-0.3, -0.25) is 4.84 Å². The van der Waals surface area contributed by atoms with Crippen LogP contribution in [0.15, 0.2) is 24.3 Å². The lowest BCUT2D eigenvalue weighted by Gasteiger charge is -1.99. The third-order valence-electron chi connectivity index (χ3n) is 1.09. The number of para-hydroxylation sites is 2. The average Bonchev–Trinajstić information content (AvgIpc) is 1.93. The van der Waals surface area contributed by atoms with Gasteiger partial charge in [-0.25, -0.2) is 0 Å². The van der Waals surface area contributed by atoms with E-state index in [-0.39, 0.29) is 11.4 Å². The van der Waals surface area contributed by atoms with Crippen molar-refractivity contribution in [3.05, 3.63) is 34.4 Å². The summed E-state index contributed by atoms with van der Waals surface area (Å²) in [6.45, 7) is 0. The van der Waals surface area contributed by atoms with Gasteiger partial charge in [-0.05, 0) is 12.1 Å². The van der Waals surface area contributed by atoms with Gasteiger partial charge in [-0.2, -0.15) is 0 Å². The van der Waals surface area contributed by atoms with Gasteiger partial charge in [-0.1, -0.05) is 12.1 Å². The minimum atomic E-state index is -0.897. The predicted octanol–water partition coefficient (Wildman–Crippen LogP) is 0.839. The van der Waals surface area contributed by atoms with Gasteiger partial charge in [0.1, 0.15) is 5.75 Å². The van der Waals surface area contributed by atoms with E-state index in [9.17, 15) is 10.1 Å². The van der Waals surface area contributed by atoms with Crippen molar-refractivity contribution in [1.82, 2.24) is 0 Å². The molecule has 1 aromatic rings. The summed E-state index contributed by atoms with van der Waals surface area (Å²) in [5, 5.41) is 8.95. The van der Waals surface area contributed by atoms with Gasteiger partial charge in [0.15, 0.2) is 0 Å². The molecule has 0 unspecified atom stereocenters. The Balaban J connectivity index is 2.86. The Bertz CT molecular complexity index is 274. The Morgan fingerprint density at radius 1 is 1.45 bits per heavy atom. The Morgan fingerprint density at radius 2 is 2.09 bits per heavy atom. The largest absolute Gasteiger partial charge is 0.397 e. The first-order valence-corrected chi connectivity index (χ1v) is 2.87. The highest BCUT2D eigenvalue weighted by Gasteiger charge is 2.01. The van der Waals surface area contributed by atoms with Crippen molar-refractivity contribution >= 4 is 5.69 Å². The lowest BCUT2D eigenvalue weighted by Crippen LogP contribution is -2.05. The molecule has 58 valence electrons. The van der Waals surface area contributed by atoms with E-state index in [1.54, 1.807) is 12.1 Å². The molecule has 0 saturated carbocycles. The van der Waals surface area contributed by atoms with Crippen LogP contribution in [0.25, 0.3) is 0 Å². The molecule has 11 heavy (non-hydrogen) atoms. The molecular weight excluding hydrogens is 148 g/mol. The first-order valence-electron chi connectivity index (χ1n) is 2.87. The Kier molecular flexibility index (Phi) is 1.91. The summed E-state index contributed by atoms with van der Waals surface area (Å²) in [4.78, 5) is 14.0. The summed E-state index contributed by atoms with van der Waals surface area (Å²) in [6.07, 6.45) is 0. The number of benzene rings is 1. The molecule has 0 aliphatic heterocycles. The summed E-state index contributed by atoms with van der Waals surface area (Å²) in [5.41, 5.74) is 5.59. The average molecular weight is 154 g/mol. The highest BCUT2D eigenvalue weighted by molar-refractivity contribution is 5.51. The predicted molar refractivity (Wildman–Crippen MR) is 38.5 cm³/mol. The van der Waals surface area contributed by atoms with Crippen molar-refractivity contribution in [2.75, 3.05) is 5.73 Å². The number of nitrogens with two attached hydrogens (primary N) is 1. The summed E-state index contributed by atoms with van der Waals surface area (Å²) in [6, 6.07) is 6.23. The molecule has 1 aromatic carbocycles. The zero-order chi connectivity index (χ0) is 8.27. The molecule has 0 spiro atoms. The molecule has 0 atom stereocenters. The van der Waals surface area contributed by atoms with Crippen LogP contribution in [0.3, 0.4) is 0 Å². The molecule has 0 fully saturated rings. The highest BCUT2D eigenvalue weighted by atomic mass is 17.0. The van der Waals surface area contributed by atoms with E-state index in [1.807, 2.05) is 0 Å². The van der Waals surface area contributed by atoms with Crippen LogP contribution in [0.4, 0.5) is 5.69 Å². The second-order valence-corrected chi connectivity index (χ2v) is 1.85. The summed E-state index contributed by atoms with van der Waals surface area (Å²) in [5.74, 6) is 0.0671. The van der Waals surface area contributed by atoms with Crippen LogP contribution in [0.1, 0.15) is 0 Å². The molecule has 1 rings (SSSR count). The van der Waals surface area contributed by atoms with Crippen molar-refractivity contribution in [3.63, 3.8) is 0 Å². The molecule has 5 nitrogen and oxygen atoms in total. The molecular formula is C6H6N2O3. The Morgan fingerprint density at radius 3 is 2.64 bits per heavy atom. The first kappa shape index (κ1) is 7.33. The molecule has 0 heterocycles. The van der Waals surface area contributed by atoms with Gasteiger partial charge in [-0.15, -0.1) is 10.1 Å². The van der Waals surface area contributed by atoms with Crippen molar-refractivity contribution < 1.29 is 9.92 Å². The fourth-order valence-electron chi connectivity index (χ4n) is 0.644. The van der Waals surface area contributed by atoms with Crippen molar-refractivity contribution in [2.45, 2.75) is 0 Å². The lowest BCUT2D eigenvalue weighted by atomic mass is 10.3. The van der Waals surface area contributed by atoms with Gasteiger partial charge in [0.25, 0.3) is 5.09 Å². The van der Waals surface area contributed by atoms with Gasteiger partial charge in [0.2, 0.25) is 0 Å². The van der Waals surface area contributed by atoms with Crippen molar-refractivity contribution in [1.29, 1.82) is 0 Å². The van der Waals surface area contributed by atoms with Crippen LogP contribution in [0, 0.1) is 10.1 Å². The third-order valence-corrected chi connectivity index (χ3v) is 1.09. The highest BCUT2D eigenvalue weighted by Crippen LogP contribution is 2.19. The van der Waals surface area contributed by atoms with E-state index >= 15 is 0 Å². The van der Waals surface area contributed by atoms with Gasteiger partial charge in [0.05, 0.1) is 5.69 Å². The molecule has 5 heteroatoms. The number of anilines is 1. The van der Waals surface area contributed by atoms with E-state index in [2.05, 4.69) is 4.84 Å². The molecule has 0 radical (unpaired) electrons. The topological polar surface area (TPSA) is 78.4 Å². The van der Waals surface area contributed by atoms with E-state index < -0.39 is 5.09 Å². The number of hydrogen-bond donors (Lipinski definition) is 1. The summed E-state index contributed by atoms with van der Waals surface area (Å²) >= 11 is 0. The van der Waals surface area contributed by atoms with Crippen LogP contribution < -0.4 is 10.6 Å². The molecule has 0 amide bonds. The number of rotatable bonds is 2. The fraction of sp³-hybridized carbons (Fsp3) is 0. The molecule has 2 N–H and O–H groups in total. The minimum Gasteiger partial charge on any atom is -0.397 e. The maximum atomic E-state index is 9.85. The van der Waals surface area contributed by atoms with Crippen LogP contribution in [-0.4, -0.2) is 5.09 Å². The van der Waals surface area contributed by atoms with Gasteiger partial charge in [0, 0.05) is 0 Å². The Labute approximate surface area is 62.5 Å². The van der Waals surface area contributed by atoms with Crippen molar-refractivity contribution in [3.8, 4) is 5.75 Å². The molecule has 0 saturated heterocycles. The second-order valence-electron chi connectivity index (χ2n) is 1.85. The number of nitrogen functional groups attached to an aromatic ring is 1. The van der Waals surface area contributed by atoms with E-state index in [4.69, 9.17) is 5.73 Å². The van der Waals surface area contributed by atoms with Crippen LogP contribution in [0.2, 0.25) is 0 Å². The normalized spacial score (nSPS) is 9.09. The maximum absolute atomic E-state index is 9.85. The van der Waals surface area contributed by atoms with E-state index in [0.29, 0.717) is 0 Å². The zero-order valence-electron chi connectivity index (χ0n) is 5.56. The van der Waals surface area contributed by atoms with Gasteiger partial charge < -0.3 is 5.73 Å². The van der Waals surface area contributed by atoms with E-state index in [0.717, 1.165) is 0 Å². The number of nitrogens with zero attached hydrogens (tertiary/aromatic N) is 1. The maximum Gasteiger partial charge on any atom is 0.299 e. The summed E-state index contributed by atoms with van der Waals surface area (Å²) in [7, 11) is 0. The molecule has 0 bridgehead atoms. The molecule has 0 aliphatic carbocycles.